The van der Waals surface area contributed by atoms with E-state index in [1.54, 1.807) is 6.26 Å². The van der Waals surface area contributed by atoms with Crippen LogP contribution in [0.2, 0.25) is 0 Å². The highest BCUT2D eigenvalue weighted by atomic mass is 16.5. The Morgan fingerprint density at radius 3 is 2.83 bits per heavy atom. The summed E-state index contributed by atoms with van der Waals surface area (Å²) in [6.07, 6.45) is 5.51. The van der Waals surface area contributed by atoms with Gasteiger partial charge in [0.05, 0.1) is 25.2 Å². The number of ether oxygens (including phenoxy) is 1. The van der Waals surface area contributed by atoms with E-state index in [2.05, 4.69) is 5.32 Å². The first kappa shape index (κ1) is 19.2. The van der Waals surface area contributed by atoms with Crippen LogP contribution in [0.1, 0.15) is 29.5 Å². The van der Waals surface area contributed by atoms with Gasteiger partial charge in [0, 0.05) is 10.8 Å². The standard InChI is InChI=1S/C23H24BNO5/c26-22(10-15-5-6-16-12-23(7-8-23)14-30-20(16)9-15)25-21(24(27)28)11-17-13-29-19-4-2-1-3-18(17)19/h1-6,9,13,21,27-28H,7-8,10-12,14H2,(H,25,26). The Bertz CT molecular complexity index is 1090. The van der Waals surface area contributed by atoms with E-state index in [4.69, 9.17) is 9.15 Å². The molecular weight excluding hydrogens is 381 g/mol. The Balaban J connectivity index is 1.25. The summed E-state index contributed by atoms with van der Waals surface area (Å²) in [5.41, 5.74) is 3.96. The Kier molecular flexibility index (Phi) is 4.80. The minimum absolute atomic E-state index is 0.150. The van der Waals surface area contributed by atoms with Gasteiger partial charge in [0.25, 0.3) is 0 Å². The van der Waals surface area contributed by atoms with E-state index in [0.717, 1.165) is 40.9 Å². The van der Waals surface area contributed by atoms with Gasteiger partial charge < -0.3 is 24.5 Å². The van der Waals surface area contributed by atoms with Gasteiger partial charge in [-0.25, -0.2) is 0 Å². The molecule has 1 aliphatic heterocycles. The number of para-hydroxylation sites is 1. The molecule has 2 heterocycles. The lowest BCUT2D eigenvalue weighted by Gasteiger charge is -2.25. The molecule has 1 unspecified atom stereocenters. The summed E-state index contributed by atoms with van der Waals surface area (Å²) in [5, 5.41) is 23.3. The van der Waals surface area contributed by atoms with Crippen molar-refractivity contribution >= 4 is 24.0 Å². The van der Waals surface area contributed by atoms with Crippen molar-refractivity contribution in [3.63, 3.8) is 0 Å². The van der Waals surface area contributed by atoms with Crippen molar-refractivity contribution in [2.75, 3.05) is 6.61 Å². The van der Waals surface area contributed by atoms with E-state index >= 15 is 0 Å². The number of nitrogens with one attached hydrogen (secondary N) is 1. The average Bonchev–Trinajstić information content (AvgIpc) is 3.36. The zero-order valence-electron chi connectivity index (χ0n) is 16.6. The van der Waals surface area contributed by atoms with Crippen molar-refractivity contribution in [2.24, 2.45) is 5.41 Å². The molecule has 30 heavy (non-hydrogen) atoms. The molecule has 1 saturated carbocycles. The second-order valence-corrected chi connectivity index (χ2v) is 8.63. The third-order valence-corrected chi connectivity index (χ3v) is 6.26. The van der Waals surface area contributed by atoms with Crippen molar-refractivity contribution in [1.82, 2.24) is 5.32 Å². The molecule has 1 amide bonds. The van der Waals surface area contributed by atoms with Crippen LogP contribution in [0.15, 0.2) is 53.1 Å². The molecular formula is C23H24BNO5. The van der Waals surface area contributed by atoms with E-state index in [0.29, 0.717) is 5.41 Å². The van der Waals surface area contributed by atoms with Gasteiger partial charge in [-0.1, -0.05) is 30.3 Å². The first-order valence-corrected chi connectivity index (χ1v) is 10.4. The van der Waals surface area contributed by atoms with Crippen molar-refractivity contribution < 1.29 is 24.0 Å². The van der Waals surface area contributed by atoms with Crippen LogP contribution in [0.3, 0.4) is 0 Å². The Morgan fingerprint density at radius 1 is 1.20 bits per heavy atom. The first-order chi connectivity index (χ1) is 14.5. The van der Waals surface area contributed by atoms with E-state index in [-0.39, 0.29) is 18.7 Å². The quantitative estimate of drug-likeness (QED) is 0.548. The number of hydrogen-bond acceptors (Lipinski definition) is 5. The maximum Gasteiger partial charge on any atom is 0.475 e. The van der Waals surface area contributed by atoms with Crippen LogP contribution in [-0.4, -0.2) is 35.6 Å². The second kappa shape index (κ2) is 7.49. The summed E-state index contributed by atoms with van der Waals surface area (Å²) in [7, 11) is -1.68. The number of carbonyl (C=O) groups is 1. The molecule has 3 N–H and O–H groups in total. The molecule has 3 aromatic rings. The van der Waals surface area contributed by atoms with Gasteiger partial charge in [0.1, 0.15) is 11.3 Å². The molecule has 0 radical (unpaired) electrons. The molecule has 1 atom stereocenters. The van der Waals surface area contributed by atoms with Gasteiger partial charge >= 0.3 is 7.12 Å². The number of benzene rings is 2. The molecule has 6 nitrogen and oxygen atoms in total. The summed E-state index contributed by atoms with van der Waals surface area (Å²) < 4.78 is 11.4. The van der Waals surface area contributed by atoms with Gasteiger partial charge in [-0.15, -0.1) is 0 Å². The number of hydrogen-bond donors (Lipinski definition) is 3. The number of furan rings is 1. The molecule has 0 bridgehead atoms. The molecule has 1 aliphatic carbocycles. The SMILES string of the molecule is O=C(Cc1ccc2c(c1)OCC1(CC1)C2)NC(Cc1coc2ccccc12)B(O)O. The van der Waals surface area contributed by atoms with Crippen molar-refractivity contribution in [1.29, 1.82) is 0 Å². The highest BCUT2D eigenvalue weighted by Gasteiger charge is 2.46. The summed E-state index contributed by atoms with van der Waals surface area (Å²) in [4.78, 5) is 12.6. The predicted octanol–water partition coefficient (Wildman–Crippen LogP) is 2.43. The molecule has 1 spiro atoms. The first-order valence-electron chi connectivity index (χ1n) is 10.4. The van der Waals surface area contributed by atoms with Crippen LogP contribution in [0.5, 0.6) is 5.75 Å². The fraction of sp³-hybridized carbons (Fsp3) is 0.348. The highest BCUT2D eigenvalue weighted by Crippen LogP contribution is 2.52. The molecule has 0 saturated heterocycles. The zero-order chi connectivity index (χ0) is 20.7. The van der Waals surface area contributed by atoms with Crippen molar-refractivity contribution in [3.05, 3.63) is 65.4 Å². The minimum atomic E-state index is -1.68. The summed E-state index contributed by atoms with van der Waals surface area (Å²) in [6, 6.07) is 13.5. The van der Waals surface area contributed by atoms with E-state index in [9.17, 15) is 14.8 Å². The third-order valence-electron chi connectivity index (χ3n) is 6.26. The van der Waals surface area contributed by atoms with Gasteiger partial charge in [0.15, 0.2) is 0 Å². The summed E-state index contributed by atoms with van der Waals surface area (Å²) in [5.74, 6) is -0.237. The summed E-state index contributed by atoms with van der Waals surface area (Å²) in [6.45, 7) is 0.757. The zero-order valence-corrected chi connectivity index (χ0v) is 16.6. The van der Waals surface area contributed by atoms with E-state index in [1.807, 2.05) is 42.5 Å². The van der Waals surface area contributed by atoms with E-state index < -0.39 is 13.1 Å². The topological polar surface area (TPSA) is 91.9 Å². The summed E-state index contributed by atoms with van der Waals surface area (Å²) >= 11 is 0. The van der Waals surface area contributed by atoms with Gasteiger partial charge in [0.2, 0.25) is 5.91 Å². The number of fused-ring (bicyclic) bond motifs is 2. The highest BCUT2D eigenvalue weighted by molar-refractivity contribution is 6.43. The smallest absolute Gasteiger partial charge is 0.475 e. The van der Waals surface area contributed by atoms with Crippen LogP contribution in [0, 0.1) is 5.41 Å². The molecule has 2 aliphatic rings. The van der Waals surface area contributed by atoms with Crippen LogP contribution >= 0.6 is 0 Å². The Morgan fingerprint density at radius 2 is 2.03 bits per heavy atom. The molecule has 1 aromatic heterocycles. The second-order valence-electron chi connectivity index (χ2n) is 8.63. The van der Waals surface area contributed by atoms with Crippen LogP contribution in [0.25, 0.3) is 11.0 Å². The molecule has 2 aromatic carbocycles. The normalized spacial score (nSPS) is 17.3. The molecule has 7 heteroatoms. The molecule has 154 valence electrons. The monoisotopic (exact) mass is 405 g/mol. The fourth-order valence-electron chi connectivity index (χ4n) is 4.28. The Hall–Kier alpha value is -2.77. The van der Waals surface area contributed by atoms with Crippen LogP contribution in [-0.2, 0) is 24.1 Å². The minimum Gasteiger partial charge on any atom is -0.493 e. The largest absolute Gasteiger partial charge is 0.493 e. The number of carbonyl (C=O) groups excluding carboxylic acids is 1. The van der Waals surface area contributed by atoms with Gasteiger partial charge in [-0.05, 0) is 54.5 Å². The maximum atomic E-state index is 12.6. The third kappa shape index (κ3) is 3.83. The Labute approximate surface area is 175 Å². The van der Waals surface area contributed by atoms with E-state index in [1.165, 1.54) is 18.4 Å². The fourth-order valence-corrected chi connectivity index (χ4v) is 4.28. The van der Waals surface area contributed by atoms with Gasteiger partial charge in [-0.2, -0.15) is 0 Å². The lowest BCUT2D eigenvalue weighted by atomic mass is 9.75. The average molecular weight is 405 g/mol. The molecule has 5 rings (SSSR count). The number of amides is 1. The molecule has 1 fully saturated rings. The van der Waals surface area contributed by atoms with Gasteiger partial charge in [-0.3, -0.25) is 4.79 Å². The lowest BCUT2D eigenvalue weighted by molar-refractivity contribution is -0.120. The predicted molar refractivity (Wildman–Crippen MR) is 113 cm³/mol. The van der Waals surface area contributed by atoms with Crippen LogP contribution in [0.4, 0.5) is 0 Å². The van der Waals surface area contributed by atoms with Crippen LogP contribution < -0.4 is 10.1 Å². The van der Waals surface area contributed by atoms with Crippen molar-refractivity contribution in [2.45, 2.75) is 38.0 Å². The number of rotatable bonds is 6. The lowest BCUT2D eigenvalue weighted by Crippen LogP contribution is -2.48. The van der Waals surface area contributed by atoms with Crippen molar-refractivity contribution in [3.8, 4) is 5.75 Å². The maximum absolute atomic E-state index is 12.6.